The number of thiophene rings is 1. The molecule has 0 amide bonds. The Kier molecular flexibility index (Phi) is 2.83. The maximum Gasteiger partial charge on any atom is 0.353 e. The van der Waals surface area contributed by atoms with E-state index in [1.165, 1.54) is 11.3 Å². The summed E-state index contributed by atoms with van der Waals surface area (Å²) in [5, 5.41) is 1.85. The molecule has 0 unspecified atom stereocenters. The van der Waals surface area contributed by atoms with Gasteiger partial charge in [-0.1, -0.05) is 23.8 Å². The molecule has 2 nitrogen and oxygen atoms in total. The standard InChI is InChI=1S/C12H10O2S/c1-9-4-6-10(7-5-9)14-12(13)11-3-2-8-15-11/h2-8H,1H3. The molecule has 2 rings (SSSR count). The first kappa shape index (κ1) is 9.93. The molecule has 0 saturated carbocycles. The average Bonchev–Trinajstić information content (AvgIpc) is 2.74. The van der Waals surface area contributed by atoms with Crippen molar-refractivity contribution in [1.29, 1.82) is 0 Å². The van der Waals surface area contributed by atoms with Crippen LogP contribution < -0.4 is 4.74 Å². The average molecular weight is 218 g/mol. The van der Waals surface area contributed by atoms with E-state index in [2.05, 4.69) is 0 Å². The maximum absolute atomic E-state index is 11.5. The molecule has 0 aliphatic heterocycles. The van der Waals surface area contributed by atoms with E-state index < -0.39 is 0 Å². The van der Waals surface area contributed by atoms with Gasteiger partial charge in [-0.15, -0.1) is 11.3 Å². The van der Waals surface area contributed by atoms with Gasteiger partial charge in [0.15, 0.2) is 0 Å². The molecule has 76 valence electrons. The molecule has 0 spiro atoms. The van der Waals surface area contributed by atoms with Crippen molar-refractivity contribution in [2.75, 3.05) is 0 Å². The predicted molar refractivity (Wildman–Crippen MR) is 60.5 cm³/mol. The summed E-state index contributed by atoms with van der Waals surface area (Å²) in [6.07, 6.45) is 0. The molecule has 15 heavy (non-hydrogen) atoms. The fourth-order valence-electron chi connectivity index (χ4n) is 1.16. The second-order valence-corrected chi connectivity index (χ2v) is 4.13. The summed E-state index contributed by atoms with van der Waals surface area (Å²) in [6, 6.07) is 11.0. The molecule has 1 heterocycles. The quantitative estimate of drug-likeness (QED) is 0.571. The monoisotopic (exact) mass is 218 g/mol. The van der Waals surface area contributed by atoms with Crippen LogP contribution in [0, 0.1) is 6.92 Å². The van der Waals surface area contributed by atoms with E-state index in [1.807, 2.05) is 30.5 Å². The van der Waals surface area contributed by atoms with Crippen molar-refractivity contribution in [3.05, 3.63) is 52.2 Å². The van der Waals surface area contributed by atoms with Gasteiger partial charge in [0.25, 0.3) is 0 Å². The molecule has 0 atom stereocenters. The first-order valence-corrected chi connectivity index (χ1v) is 5.46. The van der Waals surface area contributed by atoms with Gasteiger partial charge in [-0.2, -0.15) is 0 Å². The van der Waals surface area contributed by atoms with Crippen LogP contribution in [0.15, 0.2) is 41.8 Å². The third-order valence-corrected chi connectivity index (χ3v) is 2.80. The summed E-state index contributed by atoms with van der Waals surface area (Å²) in [4.78, 5) is 12.2. The summed E-state index contributed by atoms with van der Waals surface area (Å²) in [6.45, 7) is 1.99. The van der Waals surface area contributed by atoms with E-state index in [-0.39, 0.29) is 5.97 Å². The third kappa shape index (κ3) is 2.44. The summed E-state index contributed by atoms with van der Waals surface area (Å²) >= 11 is 1.38. The third-order valence-electron chi connectivity index (χ3n) is 1.95. The van der Waals surface area contributed by atoms with Crippen LogP contribution in [-0.4, -0.2) is 5.97 Å². The Hall–Kier alpha value is -1.61. The van der Waals surface area contributed by atoms with Gasteiger partial charge in [0.2, 0.25) is 0 Å². The first-order chi connectivity index (χ1) is 7.25. The fraction of sp³-hybridized carbons (Fsp3) is 0.0833. The van der Waals surface area contributed by atoms with Crippen LogP contribution in [0.4, 0.5) is 0 Å². The lowest BCUT2D eigenvalue weighted by Gasteiger charge is -2.02. The minimum Gasteiger partial charge on any atom is -0.422 e. The highest BCUT2D eigenvalue weighted by Crippen LogP contribution is 2.15. The molecule has 0 aliphatic carbocycles. The van der Waals surface area contributed by atoms with E-state index in [1.54, 1.807) is 18.2 Å². The number of ether oxygens (including phenoxy) is 1. The normalized spacial score (nSPS) is 9.93. The van der Waals surface area contributed by atoms with Crippen LogP contribution in [0.5, 0.6) is 5.75 Å². The summed E-state index contributed by atoms with van der Waals surface area (Å²) in [5.41, 5.74) is 1.14. The maximum atomic E-state index is 11.5. The van der Waals surface area contributed by atoms with Gasteiger partial charge in [0.05, 0.1) is 0 Å². The Morgan fingerprint density at radius 3 is 2.53 bits per heavy atom. The van der Waals surface area contributed by atoms with Crippen LogP contribution in [0.25, 0.3) is 0 Å². The zero-order valence-corrected chi connectivity index (χ0v) is 9.08. The molecule has 0 N–H and O–H groups in total. The van der Waals surface area contributed by atoms with Gasteiger partial charge in [-0.05, 0) is 30.5 Å². The predicted octanol–water partition coefficient (Wildman–Crippen LogP) is 3.28. The number of esters is 1. The molecular weight excluding hydrogens is 208 g/mol. The molecule has 0 aliphatic rings. The SMILES string of the molecule is Cc1ccc(OC(=O)c2cccs2)cc1. The first-order valence-electron chi connectivity index (χ1n) is 4.58. The summed E-state index contributed by atoms with van der Waals surface area (Å²) in [7, 11) is 0. The Labute approximate surface area is 92.1 Å². The topological polar surface area (TPSA) is 26.3 Å². The Bertz CT molecular complexity index is 443. The van der Waals surface area contributed by atoms with Crippen molar-refractivity contribution >= 4 is 17.3 Å². The van der Waals surface area contributed by atoms with E-state index in [0.717, 1.165) is 5.56 Å². The van der Waals surface area contributed by atoms with Gasteiger partial charge in [0, 0.05) is 0 Å². The molecule has 3 heteroatoms. The van der Waals surface area contributed by atoms with E-state index in [4.69, 9.17) is 4.74 Å². The fourth-order valence-corrected chi connectivity index (χ4v) is 1.76. The molecule has 0 saturated heterocycles. The van der Waals surface area contributed by atoms with Crippen molar-refractivity contribution < 1.29 is 9.53 Å². The number of aryl methyl sites for hydroxylation is 1. The minimum atomic E-state index is -0.297. The van der Waals surface area contributed by atoms with Crippen LogP contribution in [-0.2, 0) is 0 Å². The molecule has 1 aromatic heterocycles. The molecule has 0 radical (unpaired) electrons. The lowest BCUT2D eigenvalue weighted by Crippen LogP contribution is -2.05. The van der Waals surface area contributed by atoms with Gasteiger partial charge < -0.3 is 4.74 Å². The molecule has 0 fully saturated rings. The number of carbonyl (C=O) groups excluding carboxylic acids is 1. The zero-order chi connectivity index (χ0) is 10.7. The molecule has 0 bridgehead atoms. The van der Waals surface area contributed by atoms with Crippen LogP contribution >= 0.6 is 11.3 Å². The number of carbonyl (C=O) groups is 1. The van der Waals surface area contributed by atoms with Crippen molar-refractivity contribution in [1.82, 2.24) is 0 Å². The van der Waals surface area contributed by atoms with Crippen molar-refractivity contribution in [2.24, 2.45) is 0 Å². The number of benzene rings is 1. The lowest BCUT2D eigenvalue weighted by atomic mass is 10.2. The lowest BCUT2D eigenvalue weighted by molar-refractivity contribution is 0.0740. The van der Waals surface area contributed by atoms with Crippen LogP contribution in [0.1, 0.15) is 15.2 Å². The van der Waals surface area contributed by atoms with Gasteiger partial charge in [-0.25, -0.2) is 4.79 Å². The second kappa shape index (κ2) is 4.28. The van der Waals surface area contributed by atoms with Crippen molar-refractivity contribution in [3.63, 3.8) is 0 Å². The Morgan fingerprint density at radius 2 is 1.93 bits per heavy atom. The highest BCUT2D eigenvalue weighted by atomic mass is 32.1. The Morgan fingerprint density at radius 1 is 1.20 bits per heavy atom. The van der Waals surface area contributed by atoms with Gasteiger partial charge >= 0.3 is 5.97 Å². The molecule has 2 aromatic rings. The van der Waals surface area contributed by atoms with Crippen molar-refractivity contribution in [3.8, 4) is 5.75 Å². The Balaban J connectivity index is 2.09. The van der Waals surface area contributed by atoms with E-state index >= 15 is 0 Å². The molecule has 1 aromatic carbocycles. The van der Waals surface area contributed by atoms with Crippen molar-refractivity contribution in [2.45, 2.75) is 6.92 Å². The van der Waals surface area contributed by atoms with Crippen LogP contribution in [0.3, 0.4) is 0 Å². The summed E-state index contributed by atoms with van der Waals surface area (Å²) in [5.74, 6) is 0.285. The van der Waals surface area contributed by atoms with Crippen LogP contribution in [0.2, 0.25) is 0 Å². The highest BCUT2D eigenvalue weighted by molar-refractivity contribution is 7.12. The number of hydrogen-bond donors (Lipinski definition) is 0. The minimum absolute atomic E-state index is 0.297. The van der Waals surface area contributed by atoms with E-state index in [9.17, 15) is 4.79 Å². The summed E-state index contributed by atoms with van der Waals surface area (Å²) < 4.78 is 5.19. The largest absolute Gasteiger partial charge is 0.422 e. The zero-order valence-electron chi connectivity index (χ0n) is 8.27. The van der Waals surface area contributed by atoms with Gasteiger partial charge in [-0.3, -0.25) is 0 Å². The van der Waals surface area contributed by atoms with Gasteiger partial charge in [0.1, 0.15) is 10.6 Å². The second-order valence-electron chi connectivity index (χ2n) is 3.18. The number of rotatable bonds is 2. The van der Waals surface area contributed by atoms with E-state index in [0.29, 0.717) is 10.6 Å². The molecular formula is C12H10O2S. The smallest absolute Gasteiger partial charge is 0.353 e. The highest BCUT2D eigenvalue weighted by Gasteiger charge is 2.08. The number of hydrogen-bond acceptors (Lipinski definition) is 3.